The van der Waals surface area contributed by atoms with Crippen molar-refractivity contribution in [1.29, 1.82) is 0 Å². The second-order valence-electron chi connectivity index (χ2n) is 12.4. The topological polar surface area (TPSA) is 64.1 Å². The Labute approximate surface area is 270 Å². The molecule has 6 heteroatoms. The molecule has 0 bridgehead atoms. The summed E-state index contributed by atoms with van der Waals surface area (Å²) in [5.41, 5.74) is 8.40. The van der Waals surface area contributed by atoms with Crippen LogP contribution in [0.3, 0.4) is 0 Å². The molecule has 44 heavy (non-hydrogen) atoms. The summed E-state index contributed by atoms with van der Waals surface area (Å²) in [5, 5.41) is 13.2. The molecule has 1 aliphatic rings. The number of benzene rings is 4. The van der Waals surface area contributed by atoms with Gasteiger partial charge in [0.05, 0.1) is 28.5 Å². The number of pyridine rings is 1. The zero-order valence-corrected chi connectivity index (χ0v) is 27.1. The van der Waals surface area contributed by atoms with Crippen LogP contribution in [0.5, 0.6) is 5.75 Å². The minimum Gasteiger partial charge on any atom is -0.507 e. The zero-order valence-electron chi connectivity index (χ0n) is 24.8. The molecule has 1 N–H and O–H groups in total. The van der Waals surface area contributed by atoms with Crippen LogP contribution in [0.15, 0.2) is 108 Å². The number of hydrogen-bond donors (Lipinski definition) is 1. The van der Waals surface area contributed by atoms with Crippen molar-refractivity contribution < 1.29 is 30.6 Å². The number of phenols is 1. The summed E-state index contributed by atoms with van der Waals surface area (Å²) in [4.78, 5) is 10.4. The van der Waals surface area contributed by atoms with Gasteiger partial charge in [0, 0.05) is 49.3 Å². The molecule has 4 aromatic carbocycles. The van der Waals surface area contributed by atoms with Gasteiger partial charge in [-0.25, -0.2) is 4.98 Å². The van der Waals surface area contributed by atoms with Gasteiger partial charge in [-0.05, 0) is 46.9 Å². The van der Waals surface area contributed by atoms with Crippen LogP contribution in [-0.2, 0) is 31.9 Å². The average Bonchev–Trinajstić information content (AvgIpc) is 3.62. The molecule has 8 rings (SSSR count). The predicted molar refractivity (Wildman–Crippen MR) is 171 cm³/mol. The predicted octanol–water partition coefficient (Wildman–Crippen LogP) is 9.24. The van der Waals surface area contributed by atoms with Gasteiger partial charge in [-0.2, -0.15) is 0 Å². The van der Waals surface area contributed by atoms with Gasteiger partial charge in [0.15, 0.2) is 0 Å². The van der Waals surface area contributed by atoms with E-state index in [0.717, 1.165) is 72.8 Å². The minimum absolute atomic E-state index is 0. The van der Waals surface area contributed by atoms with Crippen molar-refractivity contribution in [2.24, 2.45) is 0 Å². The van der Waals surface area contributed by atoms with Crippen molar-refractivity contribution in [3.63, 3.8) is 0 Å². The van der Waals surface area contributed by atoms with Gasteiger partial charge in [0.2, 0.25) is 0 Å². The van der Waals surface area contributed by atoms with E-state index in [1.54, 1.807) is 6.07 Å². The van der Waals surface area contributed by atoms with Crippen molar-refractivity contribution in [2.45, 2.75) is 38.5 Å². The summed E-state index contributed by atoms with van der Waals surface area (Å²) >= 11 is 0. The Morgan fingerprint density at radius 3 is 2.30 bits per heavy atom. The molecule has 0 spiro atoms. The first-order valence-corrected chi connectivity index (χ1v) is 14.6. The van der Waals surface area contributed by atoms with Crippen molar-refractivity contribution in [2.75, 3.05) is 0 Å². The van der Waals surface area contributed by atoms with Gasteiger partial charge in [-0.3, -0.25) is 4.98 Å². The maximum Gasteiger partial charge on any atom is 0.125 e. The summed E-state index contributed by atoms with van der Waals surface area (Å²) in [6, 6.07) is 35.7. The molecule has 0 atom stereocenters. The van der Waals surface area contributed by atoms with Gasteiger partial charge in [0.1, 0.15) is 11.3 Å². The van der Waals surface area contributed by atoms with E-state index in [1.807, 2.05) is 54.7 Å². The van der Waals surface area contributed by atoms with Gasteiger partial charge in [-0.1, -0.05) is 87.7 Å². The smallest absolute Gasteiger partial charge is 0.125 e. The molecule has 0 unspecified atom stereocenters. The molecular formula is C38H30N3O2Pt-. The third kappa shape index (κ3) is 4.03. The van der Waals surface area contributed by atoms with E-state index >= 15 is 0 Å². The van der Waals surface area contributed by atoms with Crippen LogP contribution in [0.1, 0.15) is 38.8 Å². The standard InChI is InChI=1S/C38H30N3O2.Pt/c1-37(2)27-14-10-15-31(42)34(27)35-28(38(37,3)4)18-19-29(39-35)30-22-41(24-11-6-5-7-12-24)36(40-30)23-17-20-33-26(21-23)25-13-8-9-16-32(25)43-33;/h5-16,18-22,42H,1-4H3;/q-1;. The number of para-hydroxylation sites is 2. The Hall–Kier alpha value is -4.47. The van der Waals surface area contributed by atoms with Crippen molar-refractivity contribution >= 4 is 21.9 Å². The first-order chi connectivity index (χ1) is 20.7. The number of phenolic OH excluding ortho intramolecular Hbond substituents is 1. The summed E-state index contributed by atoms with van der Waals surface area (Å²) in [5.74, 6) is 1.01. The first-order valence-electron chi connectivity index (χ1n) is 14.6. The molecule has 1 aliphatic carbocycles. The monoisotopic (exact) mass is 755 g/mol. The number of nitrogens with zero attached hydrogens (tertiary/aromatic N) is 3. The number of furan rings is 1. The average molecular weight is 756 g/mol. The molecule has 3 aromatic heterocycles. The van der Waals surface area contributed by atoms with Crippen LogP contribution < -0.4 is 0 Å². The van der Waals surface area contributed by atoms with Gasteiger partial charge in [-0.15, -0.1) is 23.8 Å². The fourth-order valence-electron chi connectivity index (χ4n) is 6.56. The maximum absolute atomic E-state index is 11.1. The zero-order chi connectivity index (χ0) is 29.5. The molecule has 5 nitrogen and oxygen atoms in total. The number of aromatic hydroxyl groups is 1. The Morgan fingerprint density at radius 1 is 0.727 bits per heavy atom. The van der Waals surface area contributed by atoms with Crippen LogP contribution in [0.2, 0.25) is 0 Å². The maximum atomic E-state index is 11.1. The van der Waals surface area contributed by atoms with Crippen molar-refractivity contribution in [3.8, 4) is 45.5 Å². The minimum atomic E-state index is -0.207. The first kappa shape index (κ1) is 28.3. The molecule has 3 heterocycles. The number of imidazole rings is 1. The molecule has 0 amide bonds. The Morgan fingerprint density at radius 2 is 1.48 bits per heavy atom. The molecule has 220 valence electrons. The van der Waals surface area contributed by atoms with Gasteiger partial charge in [0.25, 0.3) is 0 Å². The largest absolute Gasteiger partial charge is 0.507 e. The summed E-state index contributed by atoms with van der Waals surface area (Å²) in [7, 11) is 0. The normalized spacial score (nSPS) is 14.6. The number of rotatable bonds is 3. The van der Waals surface area contributed by atoms with E-state index in [9.17, 15) is 5.11 Å². The third-order valence-corrected chi connectivity index (χ3v) is 9.64. The Bertz CT molecular complexity index is 2210. The Kier molecular flexibility index (Phi) is 6.46. The van der Waals surface area contributed by atoms with E-state index in [4.69, 9.17) is 14.4 Å². The van der Waals surface area contributed by atoms with Crippen molar-refractivity contribution in [3.05, 3.63) is 120 Å². The molecule has 0 aliphatic heterocycles. The van der Waals surface area contributed by atoms with Crippen LogP contribution in [0.4, 0.5) is 0 Å². The number of hydrogen-bond acceptors (Lipinski definition) is 4. The van der Waals surface area contributed by atoms with Crippen LogP contribution in [-0.4, -0.2) is 19.6 Å². The number of aromatic nitrogens is 3. The fourth-order valence-corrected chi connectivity index (χ4v) is 6.56. The third-order valence-electron chi connectivity index (χ3n) is 9.64. The number of fused-ring (bicyclic) bond motifs is 6. The quantitative estimate of drug-likeness (QED) is 0.183. The van der Waals surface area contributed by atoms with E-state index in [0.29, 0.717) is 0 Å². The SMILES string of the molecule is CC1(C)c2ccc(-c3cn(-c4ccccc4)c(-c4[c-]cc5oc6ccccc6c5c4)n3)nc2-c2c(O)cccc2C1(C)C.[Pt]. The van der Waals surface area contributed by atoms with Gasteiger partial charge >= 0.3 is 0 Å². The van der Waals surface area contributed by atoms with Crippen LogP contribution in [0, 0.1) is 6.07 Å². The van der Waals surface area contributed by atoms with Crippen LogP contribution in [0.25, 0.3) is 61.7 Å². The molecule has 7 aromatic rings. The van der Waals surface area contributed by atoms with E-state index in [1.165, 1.54) is 0 Å². The van der Waals surface area contributed by atoms with Crippen molar-refractivity contribution in [1.82, 2.24) is 14.5 Å². The molecule has 0 saturated heterocycles. The summed E-state index contributed by atoms with van der Waals surface area (Å²) < 4.78 is 8.16. The Balaban J connectivity index is 0.00000312. The molecule has 0 radical (unpaired) electrons. The molecular weight excluding hydrogens is 726 g/mol. The molecule has 0 saturated carbocycles. The fraction of sp³-hybridized carbons (Fsp3) is 0.158. The van der Waals surface area contributed by atoms with E-state index < -0.39 is 0 Å². The second-order valence-corrected chi connectivity index (χ2v) is 12.4. The second kappa shape index (κ2) is 10.0. The summed E-state index contributed by atoms with van der Waals surface area (Å²) in [6.45, 7) is 9.00. The van der Waals surface area contributed by atoms with E-state index in [-0.39, 0.29) is 37.6 Å². The van der Waals surface area contributed by atoms with Gasteiger partial charge < -0.3 is 14.1 Å². The summed E-state index contributed by atoms with van der Waals surface area (Å²) in [6.07, 6.45) is 2.04. The van der Waals surface area contributed by atoms with Crippen LogP contribution >= 0.6 is 0 Å². The molecule has 0 fully saturated rings. The van der Waals surface area contributed by atoms with E-state index in [2.05, 4.69) is 80.8 Å².